The van der Waals surface area contributed by atoms with E-state index in [1.54, 1.807) is 0 Å². The van der Waals surface area contributed by atoms with Crippen molar-refractivity contribution in [3.63, 3.8) is 0 Å². The number of hydrogen-bond donors (Lipinski definition) is 1. The molecule has 0 saturated heterocycles. The molecule has 2 rings (SSSR count). The van der Waals surface area contributed by atoms with E-state index in [2.05, 4.69) is 38.8 Å². The Bertz CT molecular complexity index is 402. The molecule has 106 valence electrons. The first kappa shape index (κ1) is 14.8. The van der Waals surface area contributed by atoms with Gasteiger partial charge in [-0.05, 0) is 60.3 Å². The van der Waals surface area contributed by atoms with Crippen LogP contribution in [0.3, 0.4) is 0 Å². The van der Waals surface area contributed by atoms with E-state index < -0.39 is 0 Å². The Morgan fingerprint density at radius 3 is 2.74 bits per heavy atom. The van der Waals surface area contributed by atoms with E-state index in [4.69, 9.17) is 5.73 Å². The maximum atomic E-state index is 5.68. The molecule has 1 heterocycles. The topological polar surface area (TPSA) is 42.1 Å². The van der Waals surface area contributed by atoms with Gasteiger partial charge in [-0.1, -0.05) is 19.3 Å². The maximum absolute atomic E-state index is 5.68. The second-order valence-electron chi connectivity index (χ2n) is 5.42. The van der Waals surface area contributed by atoms with Crippen molar-refractivity contribution in [3.8, 4) is 0 Å². The molecule has 0 atom stereocenters. The predicted octanol–water partition coefficient (Wildman–Crippen LogP) is 3.64. The average Bonchev–Trinajstić information content (AvgIpc) is 2.44. The van der Waals surface area contributed by atoms with Gasteiger partial charge in [-0.2, -0.15) is 0 Å². The summed E-state index contributed by atoms with van der Waals surface area (Å²) in [5.74, 6) is 1.11. The van der Waals surface area contributed by atoms with Gasteiger partial charge in [-0.15, -0.1) is 0 Å². The zero-order chi connectivity index (χ0) is 13.7. The third-order valence-corrected chi connectivity index (χ3v) is 4.78. The monoisotopic (exact) mass is 325 g/mol. The van der Waals surface area contributed by atoms with Crippen molar-refractivity contribution in [2.45, 2.75) is 51.5 Å². The fourth-order valence-electron chi connectivity index (χ4n) is 2.82. The van der Waals surface area contributed by atoms with E-state index in [9.17, 15) is 0 Å². The van der Waals surface area contributed by atoms with Crippen LogP contribution in [-0.2, 0) is 0 Å². The molecule has 1 aliphatic rings. The van der Waals surface area contributed by atoms with Crippen LogP contribution in [0, 0.1) is 6.92 Å². The standard InChI is InChI=1S/C15H24BrN3/c1-12-10-15(18-11-14(12)16)19(9-5-8-17)13-6-3-2-4-7-13/h10-11,13H,2-9,17H2,1H3. The summed E-state index contributed by atoms with van der Waals surface area (Å²) in [5.41, 5.74) is 6.93. The highest BCUT2D eigenvalue weighted by Gasteiger charge is 2.22. The van der Waals surface area contributed by atoms with E-state index in [0.717, 1.165) is 29.8 Å². The third-order valence-electron chi connectivity index (χ3n) is 3.95. The van der Waals surface area contributed by atoms with E-state index in [1.807, 2.05) is 6.20 Å². The smallest absolute Gasteiger partial charge is 0.129 e. The zero-order valence-electron chi connectivity index (χ0n) is 11.7. The van der Waals surface area contributed by atoms with Crippen molar-refractivity contribution in [2.24, 2.45) is 5.73 Å². The Hall–Kier alpha value is -0.610. The first-order chi connectivity index (χ1) is 9.22. The summed E-state index contributed by atoms with van der Waals surface area (Å²) in [6.07, 6.45) is 9.62. The number of anilines is 1. The summed E-state index contributed by atoms with van der Waals surface area (Å²) in [6, 6.07) is 2.84. The van der Waals surface area contributed by atoms with Gasteiger partial charge < -0.3 is 10.6 Å². The van der Waals surface area contributed by atoms with Gasteiger partial charge in [0.1, 0.15) is 5.82 Å². The molecular formula is C15H24BrN3. The van der Waals surface area contributed by atoms with Crippen LogP contribution in [0.4, 0.5) is 5.82 Å². The normalized spacial score (nSPS) is 16.6. The van der Waals surface area contributed by atoms with Crippen molar-refractivity contribution in [3.05, 3.63) is 22.3 Å². The molecule has 1 aliphatic carbocycles. The lowest BCUT2D eigenvalue weighted by molar-refractivity contribution is 0.411. The number of rotatable bonds is 5. The van der Waals surface area contributed by atoms with Crippen LogP contribution >= 0.6 is 15.9 Å². The lowest BCUT2D eigenvalue weighted by atomic mass is 9.94. The summed E-state index contributed by atoms with van der Waals surface area (Å²) >= 11 is 3.53. The third kappa shape index (κ3) is 3.93. The Morgan fingerprint density at radius 2 is 2.11 bits per heavy atom. The maximum Gasteiger partial charge on any atom is 0.129 e. The van der Waals surface area contributed by atoms with Crippen molar-refractivity contribution in [1.29, 1.82) is 0 Å². The zero-order valence-corrected chi connectivity index (χ0v) is 13.3. The van der Waals surface area contributed by atoms with E-state index in [0.29, 0.717) is 6.04 Å². The molecule has 0 aliphatic heterocycles. The molecule has 0 bridgehead atoms. The highest BCUT2D eigenvalue weighted by Crippen LogP contribution is 2.28. The number of nitrogens with zero attached hydrogens (tertiary/aromatic N) is 2. The first-order valence-corrected chi connectivity index (χ1v) is 8.10. The molecule has 2 N–H and O–H groups in total. The van der Waals surface area contributed by atoms with Gasteiger partial charge in [0.05, 0.1) is 0 Å². The van der Waals surface area contributed by atoms with Crippen LogP contribution in [0.2, 0.25) is 0 Å². The second kappa shape index (κ2) is 7.25. The molecule has 19 heavy (non-hydrogen) atoms. The molecule has 1 fully saturated rings. The van der Waals surface area contributed by atoms with E-state index >= 15 is 0 Å². The molecule has 0 spiro atoms. The Labute approximate surface area is 124 Å². The van der Waals surface area contributed by atoms with Crippen molar-refractivity contribution < 1.29 is 0 Å². The molecule has 0 unspecified atom stereocenters. The average molecular weight is 326 g/mol. The highest BCUT2D eigenvalue weighted by atomic mass is 79.9. The minimum absolute atomic E-state index is 0.647. The van der Waals surface area contributed by atoms with Crippen LogP contribution < -0.4 is 10.6 Å². The fourth-order valence-corrected chi connectivity index (χ4v) is 3.04. The lowest BCUT2D eigenvalue weighted by Gasteiger charge is -2.35. The van der Waals surface area contributed by atoms with E-state index in [-0.39, 0.29) is 0 Å². The van der Waals surface area contributed by atoms with Gasteiger partial charge in [0.25, 0.3) is 0 Å². The summed E-state index contributed by atoms with van der Waals surface area (Å²) in [5, 5.41) is 0. The number of aromatic nitrogens is 1. The van der Waals surface area contributed by atoms with Crippen LogP contribution in [-0.4, -0.2) is 24.1 Å². The summed E-state index contributed by atoms with van der Waals surface area (Å²) in [6.45, 7) is 3.89. The largest absolute Gasteiger partial charge is 0.354 e. The van der Waals surface area contributed by atoms with Gasteiger partial charge in [0, 0.05) is 23.3 Å². The number of nitrogens with two attached hydrogens (primary N) is 1. The van der Waals surface area contributed by atoms with Crippen molar-refractivity contribution in [1.82, 2.24) is 4.98 Å². The Balaban J connectivity index is 2.17. The second-order valence-corrected chi connectivity index (χ2v) is 6.27. The van der Waals surface area contributed by atoms with Crippen LogP contribution in [0.5, 0.6) is 0 Å². The van der Waals surface area contributed by atoms with Gasteiger partial charge in [0.2, 0.25) is 0 Å². The van der Waals surface area contributed by atoms with Gasteiger partial charge in [-0.25, -0.2) is 4.98 Å². The highest BCUT2D eigenvalue weighted by molar-refractivity contribution is 9.10. The number of pyridine rings is 1. The van der Waals surface area contributed by atoms with Crippen molar-refractivity contribution >= 4 is 21.7 Å². The quantitative estimate of drug-likeness (QED) is 0.898. The Kier molecular flexibility index (Phi) is 5.64. The summed E-state index contributed by atoms with van der Waals surface area (Å²) in [4.78, 5) is 7.08. The van der Waals surface area contributed by atoms with Crippen LogP contribution in [0.1, 0.15) is 44.1 Å². The fraction of sp³-hybridized carbons (Fsp3) is 0.667. The van der Waals surface area contributed by atoms with Gasteiger partial charge in [-0.3, -0.25) is 0 Å². The molecule has 0 radical (unpaired) electrons. The molecule has 0 amide bonds. The molecule has 1 aromatic rings. The van der Waals surface area contributed by atoms with Crippen molar-refractivity contribution in [2.75, 3.05) is 18.0 Å². The first-order valence-electron chi connectivity index (χ1n) is 7.31. The number of aryl methyl sites for hydroxylation is 1. The predicted molar refractivity (Wildman–Crippen MR) is 84.6 cm³/mol. The Morgan fingerprint density at radius 1 is 1.37 bits per heavy atom. The van der Waals surface area contributed by atoms with Gasteiger partial charge in [0.15, 0.2) is 0 Å². The molecule has 1 aromatic heterocycles. The van der Waals surface area contributed by atoms with Gasteiger partial charge >= 0.3 is 0 Å². The summed E-state index contributed by atoms with van der Waals surface area (Å²) < 4.78 is 1.08. The molecule has 4 heteroatoms. The molecule has 0 aromatic carbocycles. The molecule has 3 nitrogen and oxygen atoms in total. The molecular weight excluding hydrogens is 302 g/mol. The minimum atomic E-state index is 0.647. The number of halogens is 1. The number of hydrogen-bond acceptors (Lipinski definition) is 3. The lowest BCUT2D eigenvalue weighted by Crippen LogP contribution is -2.38. The summed E-state index contributed by atoms with van der Waals surface area (Å²) in [7, 11) is 0. The SMILES string of the molecule is Cc1cc(N(CCCN)C2CCCCC2)ncc1Br. The molecule has 1 saturated carbocycles. The van der Waals surface area contributed by atoms with Crippen LogP contribution in [0.25, 0.3) is 0 Å². The van der Waals surface area contributed by atoms with Crippen LogP contribution in [0.15, 0.2) is 16.7 Å². The minimum Gasteiger partial charge on any atom is -0.354 e. The van der Waals surface area contributed by atoms with E-state index in [1.165, 1.54) is 37.7 Å².